The second-order valence-corrected chi connectivity index (χ2v) is 4.73. The Morgan fingerprint density at radius 1 is 1.42 bits per heavy atom. The summed E-state index contributed by atoms with van der Waals surface area (Å²) >= 11 is 0. The SMILES string of the molecule is COc1ccccc1CC(C)N(C)C(C)C(N)=NO. The lowest BCUT2D eigenvalue weighted by molar-refractivity contribution is 0.227. The van der Waals surface area contributed by atoms with Crippen molar-refractivity contribution in [1.82, 2.24) is 4.90 Å². The van der Waals surface area contributed by atoms with Crippen molar-refractivity contribution in [3.8, 4) is 5.75 Å². The van der Waals surface area contributed by atoms with Crippen molar-refractivity contribution in [3.63, 3.8) is 0 Å². The van der Waals surface area contributed by atoms with E-state index in [0.717, 1.165) is 17.7 Å². The molecule has 0 aliphatic carbocycles. The van der Waals surface area contributed by atoms with Crippen molar-refractivity contribution in [2.75, 3.05) is 14.2 Å². The van der Waals surface area contributed by atoms with E-state index in [1.165, 1.54) is 0 Å². The monoisotopic (exact) mass is 265 g/mol. The second kappa shape index (κ2) is 6.99. The number of rotatable bonds is 6. The second-order valence-electron chi connectivity index (χ2n) is 4.73. The lowest BCUT2D eigenvalue weighted by Crippen LogP contribution is -2.45. The number of amidine groups is 1. The first-order valence-corrected chi connectivity index (χ1v) is 6.32. The van der Waals surface area contributed by atoms with Gasteiger partial charge in [0, 0.05) is 6.04 Å². The molecule has 0 aliphatic rings. The number of ether oxygens (including phenoxy) is 1. The molecule has 0 spiro atoms. The molecule has 0 amide bonds. The molecule has 1 aromatic rings. The number of hydrogen-bond acceptors (Lipinski definition) is 4. The number of nitrogens with two attached hydrogens (primary N) is 1. The summed E-state index contributed by atoms with van der Waals surface area (Å²) in [6, 6.07) is 8.08. The van der Waals surface area contributed by atoms with Crippen LogP contribution in [0.4, 0.5) is 0 Å². The van der Waals surface area contributed by atoms with Crippen molar-refractivity contribution < 1.29 is 9.94 Å². The molecule has 0 fully saturated rings. The van der Waals surface area contributed by atoms with Crippen LogP contribution in [0.2, 0.25) is 0 Å². The van der Waals surface area contributed by atoms with Gasteiger partial charge in [-0.1, -0.05) is 23.4 Å². The predicted molar refractivity (Wildman–Crippen MR) is 76.8 cm³/mol. The van der Waals surface area contributed by atoms with Gasteiger partial charge in [-0.05, 0) is 38.9 Å². The Kier molecular flexibility index (Phi) is 5.63. The van der Waals surface area contributed by atoms with E-state index in [-0.39, 0.29) is 17.9 Å². The number of oxime groups is 1. The first kappa shape index (κ1) is 15.3. The summed E-state index contributed by atoms with van der Waals surface area (Å²) < 4.78 is 5.35. The summed E-state index contributed by atoms with van der Waals surface area (Å²) in [4.78, 5) is 2.07. The van der Waals surface area contributed by atoms with Crippen molar-refractivity contribution in [1.29, 1.82) is 0 Å². The van der Waals surface area contributed by atoms with Crippen LogP contribution in [0.3, 0.4) is 0 Å². The molecule has 0 bridgehead atoms. The molecular weight excluding hydrogens is 242 g/mol. The van der Waals surface area contributed by atoms with E-state index in [9.17, 15) is 0 Å². The summed E-state index contributed by atoms with van der Waals surface area (Å²) in [7, 11) is 3.63. The fraction of sp³-hybridized carbons (Fsp3) is 0.500. The van der Waals surface area contributed by atoms with Gasteiger partial charge in [0.2, 0.25) is 0 Å². The minimum absolute atomic E-state index is 0.116. The van der Waals surface area contributed by atoms with Gasteiger partial charge in [0.1, 0.15) is 5.75 Å². The maximum absolute atomic E-state index is 8.72. The zero-order valence-corrected chi connectivity index (χ0v) is 12.0. The highest BCUT2D eigenvalue weighted by atomic mass is 16.5. The highest BCUT2D eigenvalue weighted by Gasteiger charge is 2.20. The largest absolute Gasteiger partial charge is 0.496 e. The average molecular weight is 265 g/mol. The van der Waals surface area contributed by atoms with Crippen LogP contribution in [-0.2, 0) is 6.42 Å². The number of para-hydroxylation sites is 1. The fourth-order valence-electron chi connectivity index (χ4n) is 2.01. The van der Waals surface area contributed by atoms with Gasteiger partial charge >= 0.3 is 0 Å². The minimum Gasteiger partial charge on any atom is -0.496 e. The van der Waals surface area contributed by atoms with Gasteiger partial charge in [-0.15, -0.1) is 0 Å². The highest BCUT2D eigenvalue weighted by Crippen LogP contribution is 2.20. The van der Waals surface area contributed by atoms with Crippen LogP contribution in [0, 0.1) is 0 Å². The molecule has 0 heterocycles. The Morgan fingerprint density at radius 3 is 2.63 bits per heavy atom. The molecule has 5 nitrogen and oxygen atoms in total. The minimum atomic E-state index is -0.116. The van der Waals surface area contributed by atoms with Crippen molar-refractivity contribution >= 4 is 5.84 Å². The molecule has 2 atom stereocenters. The first-order valence-electron chi connectivity index (χ1n) is 6.32. The molecule has 106 valence electrons. The number of nitrogens with zero attached hydrogens (tertiary/aromatic N) is 2. The van der Waals surface area contributed by atoms with Gasteiger partial charge in [0.05, 0.1) is 13.2 Å². The van der Waals surface area contributed by atoms with E-state index < -0.39 is 0 Å². The maximum Gasteiger partial charge on any atom is 0.156 e. The topological polar surface area (TPSA) is 71.1 Å². The molecule has 0 radical (unpaired) electrons. The number of hydrogen-bond donors (Lipinski definition) is 2. The van der Waals surface area contributed by atoms with Gasteiger partial charge in [0.15, 0.2) is 5.84 Å². The van der Waals surface area contributed by atoms with Gasteiger partial charge in [-0.2, -0.15) is 0 Å². The van der Waals surface area contributed by atoms with E-state index in [0.29, 0.717) is 0 Å². The zero-order chi connectivity index (χ0) is 14.4. The Balaban J connectivity index is 2.76. The smallest absolute Gasteiger partial charge is 0.156 e. The van der Waals surface area contributed by atoms with Gasteiger partial charge in [0.25, 0.3) is 0 Å². The van der Waals surface area contributed by atoms with Crippen LogP contribution < -0.4 is 10.5 Å². The van der Waals surface area contributed by atoms with Gasteiger partial charge in [-0.25, -0.2) is 0 Å². The molecule has 0 saturated carbocycles. The summed E-state index contributed by atoms with van der Waals surface area (Å²) in [6.45, 7) is 4.02. The molecule has 19 heavy (non-hydrogen) atoms. The van der Waals surface area contributed by atoms with E-state index in [1.807, 2.05) is 32.2 Å². The summed E-state index contributed by atoms with van der Waals surface area (Å²) in [5.41, 5.74) is 6.79. The van der Waals surface area contributed by atoms with E-state index in [4.69, 9.17) is 15.7 Å². The van der Waals surface area contributed by atoms with Gasteiger partial charge < -0.3 is 15.7 Å². The van der Waals surface area contributed by atoms with Gasteiger partial charge in [-0.3, -0.25) is 4.90 Å². The van der Waals surface area contributed by atoms with Crippen molar-refractivity contribution in [2.24, 2.45) is 10.9 Å². The summed E-state index contributed by atoms with van der Waals surface area (Å²) in [6.07, 6.45) is 0.837. The zero-order valence-electron chi connectivity index (χ0n) is 12.0. The molecule has 0 aliphatic heterocycles. The normalized spacial score (nSPS) is 15.3. The molecular formula is C14H23N3O2. The van der Waals surface area contributed by atoms with Crippen LogP contribution in [0.25, 0.3) is 0 Å². The Bertz CT molecular complexity index is 434. The van der Waals surface area contributed by atoms with Crippen LogP contribution in [0.15, 0.2) is 29.4 Å². The molecule has 3 N–H and O–H groups in total. The maximum atomic E-state index is 8.72. The third-order valence-corrected chi connectivity index (χ3v) is 3.56. The Hall–Kier alpha value is -1.75. The third kappa shape index (κ3) is 3.86. The summed E-state index contributed by atoms with van der Waals surface area (Å²) in [5, 5.41) is 11.8. The van der Waals surface area contributed by atoms with Crippen molar-refractivity contribution in [3.05, 3.63) is 29.8 Å². The quantitative estimate of drug-likeness (QED) is 0.355. The molecule has 1 rings (SSSR count). The Labute approximate surface area is 114 Å². The molecule has 5 heteroatoms. The van der Waals surface area contributed by atoms with E-state index >= 15 is 0 Å². The van der Waals surface area contributed by atoms with E-state index in [2.05, 4.69) is 23.0 Å². The van der Waals surface area contributed by atoms with Crippen LogP contribution >= 0.6 is 0 Å². The molecule has 1 aromatic carbocycles. The van der Waals surface area contributed by atoms with Crippen molar-refractivity contribution in [2.45, 2.75) is 32.4 Å². The molecule has 2 unspecified atom stereocenters. The highest BCUT2D eigenvalue weighted by molar-refractivity contribution is 5.84. The first-order chi connectivity index (χ1) is 9.01. The van der Waals surface area contributed by atoms with Crippen LogP contribution in [-0.4, -0.2) is 42.2 Å². The lowest BCUT2D eigenvalue weighted by atomic mass is 10.0. The Morgan fingerprint density at radius 2 is 2.05 bits per heavy atom. The lowest BCUT2D eigenvalue weighted by Gasteiger charge is -2.30. The molecule has 0 aromatic heterocycles. The number of benzene rings is 1. The van der Waals surface area contributed by atoms with E-state index in [1.54, 1.807) is 7.11 Å². The molecule has 0 saturated heterocycles. The fourth-order valence-corrected chi connectivity index (χ4v) is 2.01. The standard InChI is InChI=1S/C14H23N3O2/c1-10(17(3)11(2)14(15)16-18)9-12-7-5-6-8-13(12)19-4/h5-8,10-11,18H,9H2,1-4H3,(H2,15,16). The summed E-state index contributed by atoms with van der Waals surface area (Å²) in [5.74, 6) is 1.11. The number of methoxy groups -OCH3 is 1. The van der Waals surface area contributed by atoms with Crippen LogP contribution in [0.1, 0.15) is 19.4 Å². The van der Waals surface area contributed by atoms with Crippen LogP contribution in [0.5, 0.6) is 5.75 Å². The third-order valence-electron chi connectivity index (χ3n) is 3.56. The predicted octanol–water partition coefficient (Wildman–Crippen LogP) is 1.69. The average Bonchev–Trinajstić information content (AvgIpc) is 2.45. The number of likely N-dealkylation sites (N-methyl/N-ethyl adjacent to an activating group) is 1.